The van der Waals surface area contributed by atoms with Crippen LogP contribution in [0.5, 0.6) is 17.2 Å². The molecular formula is C22H30N2O6S. The van der Waals surface area contributed by atoms with Crippen molar-refractivity contribution in [3.63, 3.8) is 0 Å². The first-order valence-corrected chi connectivity index (χ1v) is 11.5. The number of carbonyl (C=O) groups is 1. The fraction of sp³-hybridized carbons (Fsp3) is 0.409. The van der Waals surface area contributed by atoms with Gasteiger partial charge in [0.25, 0.3) is 5.91 Å². The third-order valence-corrected chi connectivity index (χ3v) is 6.15. The topological polar surface area (TPSA) is 103 Å². The van der Waals surface area contributed by atoms with Crippen LogP contribution in [0.2, 0.25) is 0 Å². The van der Waals surface area contributed by atoms with Gasteiger partial charge in [0.05, 0.1) is 19.1 Å². The van der Waals surface area contributed by atoms with Gasteiger partial charge in [-0.15, -0.1) is 0 Å². The van der Waals surface area contributed by atoms with Gasteiger partial charge >= 0.3 is 0 Å². The van der Waals surface area contributed by atoms with E-state index in [1.54, 1.807) is 20.3 Å². The Labute approximate surface area is 184 Å². The lowest BCUT2D eigenvalue weighted by Gasteiger charge is -2.12. The number of ether oxygens (including phenoxy) is 3. The van der Waals surface area contributed by atoms with E-state index < -0.39 is 10.0 Å². The first-order chi connectivity index (χ1) is 14.8. The van der Waals surface area contributed by atoms with Gasteiger partial charge in [-0.25, -0.2) is 13.1 Å². The minimum atomic E-state index is -3.67. The number of nitrogens with one attached hydrogen (secondary N) is 2. The Balaban J connectivity index is 1.88. The molecule has 170 valence electrons. The zero-order chi connectivity index (χ0) is 22.9. The summed E-state index contributed by atoms with van der Waals surface area (Å²) in [5.41, 5.74) is 0.916. The predicted octanol–water partition coefficient (Wildman–Crippen LogP) is 2.52. The molecule has 0 aliphatic carbocycles. The standard InChI is InChI=1S/C22H30N2O6S/c1-5-16(2)24-22(25)15-30-18-7-9-19(10-8-18)31(26,27)23-13-12-17-6-11-20(28-3)21(14-17)29-4/h6-11,14,16,23H,5,12-13,15H2,1-4H3,(H,24,25)/t16-/m1/s1. The average molecular weight is 451 g/mol. The molecule has 9 heteroatoms. The summed E-state index contributed by atoms with van der Waals surface area (Å²) >= 11 is 0. The molecule has 31 heavy (non-hydrogen) atoms. The summed E-state index contributed by atoms with van der Waals surface area (Å²) in [6, 6.07) is 11.5. The molecule has 2 N–H and O–H groups in total. The van der Waals surface area contributed by atoms with E-state index in [1.165, 1.54) is 24.3 Å². The van der Waals surface area contributed by atoms with Crippen LogP contribution in [0.25, 0.3) is 0 Å². The van der Waals surface area contributed by atoms with Gasteiger partial charge < -0.3 is 19.5 Å². The van der Waals surface area contributed by atoms with Gasteiger partial charge in [-0.3, -0.25) is 4.79 Å². The molecular weight excluding hydrogens is 420 g/mol. The maximum atomic E-state index is 12.5. The fourth-order valence-corrected chi connectivity index (χ4v) is 3.76. The lowest BCUT2D eigenvalue weighted by Crippen LogP contribution is -2.35. The van der Waals surface area contributed by atoms with E-state index in [4.69, 9.17) is 14.2 Å². The smallest absolute Gasteiger partial charge is 0.258 e. The van der Waals surface area contributed by atoms with Crippen molar-refractivity contribution in [2.24, 2.45) is 0 Å². The van der Waals surface area contributed by atoms with E-state index >= 15 is 0 Å². The van der Waals surface area contributed by atoms with Crippen LogP contribution in [0, 0.1) is 0 Å². The Morgan fingerprint density at radius 2 is 1.71 bits per heavy atom. The summed E-state index contributed by atoms with van der Waals surface area (Å²) in [6.45, 7) is 3.99. The first kappa shape index (κ1) is 24.5. The van der Waals surface area contributed by atoms with E-state index in [0.717, 1.165) is 12.0 Å². The predicted molar refractivity (Wildman–Crippen MR) is 118 cm³/mol. The summed E-state index contributed by atoms with van der Waals surface area (Å²) in [6.07, 6.45) is 1.32. The third-order valence-electron chi connectivity index (χ3n) is 4.68. The maximum Gasteiger partial charge on any atom is 0.258 e. The van der Waals surface area contributed by atoms with E-state index in [-0.39, 0.29) is 30.0 Å². The Hall–Kier alpha value is -2.78. The van der Waals surface area contributed by atoms with Crippen molar-refractivity contribution in [2.45, 2.75) is 37.6 Å². The highest BCUT2D eigenvalue weighted by atomic mass is 32.2. The average Bonchev–Trinajstić information content (AvgIpc) is 2.77. The Kier molecular flexibility index (Phi) is 9.14. The number of hydrogen-bond donors (Lipinski definition) is 2. The highest BCUT2D eigenvalue weighted by Crippen LogP contribution is 2.27. The van der Waals surface area contributed by atoms with Crippen LogP contribution in [0.3, 0.4) is 0 Å². The molecule has 0 bridgehead atoms. The van der Waals surface area contributed by atoms with Crippen LogP contribution in [0.4, 0.5) is 0 Å². The van der Waals surface area contributed by atoms with Gasteiger partial charge in [0.2, 0.25) is 10.0 Å². The second-order valence-corrected chi connectivity index (χ2v) is 8.74. The first-order valence-electron chi connectivity index (χ1n) is 10.0. The summed E-state index contributed by atoms with van der Waals surface area (Å²) in [5.74, 6) is 1.41. The molecule has 0 aromatic heterocycles. The van der Waals surface area contributed by atoms with Crippen LogP contribution < -0.4 is 24.2 Å². The third kappa shape index (κ3) is 7.45. The monoisotopic (exact) mass is 450 g/mol. The number of carbonyl (C=O) groups excluding carboxylic acids is 1. The van der Waals surface area contributed by atoms with Crippen molar-refractivity contribution in [1.29, 1.82) is 0 Å². The number of sulfonamides is 1. The lowest BCUT2D eigenvalue weighted by molar-refractivity contribution is -0.123. The van der Waals surface area contributed by atoms with Gasteiger partial charge in [0.1, 0.15) is 5.75 Å². The number of methoxy groups -OCH3 is 2. The molecule has 1 atom stereocenters. The number of rotatable bonds is 12. The minimum Gasteiger partial charge on any atom is -0.493 e. The van der Waals surface area contributed by atoms with Crippen LogP contribution in [0.1, 0.15) is 25.8 Å². The summed E-state index contributed by atoms with van der Waals surface area (Å²) in [7, 11) is -0.556. The van der Waals surface area contributed by atoms with E-state index in [1.807, 2.05) is 26.0 Å². The zero-order valence-electron chi connectivity index (χ0n) is 18.3. The molecule has 0 heterocycles. The molecule has 0 fully saturated rings. The summed E-state index contributed by atoms with van der Waals surface area (Å²) in [4.78, 5) is 11.9. The number of benzene rings is 2. The van der Waals surface area contributed by atoms with E-state index in [9.17, 15) is 13.2 Å². The number of hydrogen-bond acceptors (Lipinski definition) is 6. The molecule has 8 nitrogen and oxygen atoms in total. The van der Waals surface area contributed by atoms with Crippen molar-refractivity contribution >= 4 is 15.9 Å². The van der Waals surface area contributed by atoms with Crippen LogP contribution >= 0.6 is 0 Å². The molecule has 0 saturated heterocycles. The minimum absolute atomic E-state index is 0.0775. The molecule has 0 aliphatic rings. The molecule has 0 unspecified atom stereocenters. The SMILES string of the molecule is CC[C@@H](C)NC(=O)COc1ccc(S(=O)(=O)NCCc2ccc(OC)c(OC)c2)cc1. The van der Waals surface area contributed by atoms with Crippen LogP contribution in [-0.2, 0) is 21.2 Å². The number of amides is 1. The second kappa shape index (κ2) is 11.6. The van der Waals surface area contributed by atoms with E-state index in [2.05, 4.69) is 10.0 Å². The van der Waals surface area contributed by atoms with Crippen molar-refractivity contribution in [3.05, 3.63) is 48.0 Å². The Bertz CT molecular complexity index is 960. The Morgan fingerprint density at radius 1 is 1.03 bits per heavy atom. The van der Waals surface area contributed by atoms with Gasteiger partial charge in [-0.05, 0) is 61.7 Å². The van der Waals surface area contributed by atoms with Crippen LogP contribution in [-0.4, -0.2) is 47.7 Å². The van der Waals surface area contributed by atoms with Gasteiger partial charge in [-0.1, -0.05) is 13.0 Å². The molecule has 1 amide bonds. The van der Waals surface area contributed by atoms with Crippen molar-refractivity contribution < 1.29 is 27.4 Å². The molecule has 0 aliphatic heterocycles. The largest absolute Gasteiger partial charge is 0.493 e. The quantitative estimate of drug-likeness (QED) is 0.515. The van der Waals surface area contributed by atoms with Crippen molar-refractivity contribution in [3.8, 4) is 17.2 Å². The van der Waals surface area contributed by atoms with E-state index in [0.29, 0.717) is 23.7 Å². The highest BCUT2D eigenvalue weighted by Gasteiger charge is 2.14. The lowest BCUT2D eigenvalue weighted by atomic mass is 10.1. The Morgan fingerprint density at radius 3 is 2.32 bits per heavy atom. The van der Waals surface area contributed by atoms with Crippen molar-refractivity contribution in [1.82, 2.24) is 10.0 Å². The molecule has 2 rings (SSSR count). The second-order valence-electron chi connectivity index (χ2n) is 6.97. The summed E-state index contributed by atoms with van der Waals surface area (Å²) < 4.78 is 43.5. The van der Waals surface area contributed by atoms with Crippen molar-refractivity contribution in [2.75, 3.05) is 27.4 Å². The zero-order valence-corrected chi connectivity index (χ0v) is 19.1. The molecule has 2 aromatic carbocycles. The van der Waals surface area contributed by atoms with Gasteiger partial charge in [0, 0.05) is 12.6 Å². The molecule has 0 spiro atoms. The fourth-order valence-electron chi connectivity index (χ4n) is 2.73. The van der Waals surface area contributed by atoms with Gasteiger partial charge in [0.15, 0.2) is 18.1 Å². The van der Waals surface area contributed by atoms with Crippen LogP contribution in [0.15, 0.2) is 47.4 Å². The molecule has 0 radical (unpaired) electrons. The molecule has 2 aromatic rings. The highest BCUT2D eigenvalue weighted by molar-refractivity contribution is 7.89. The summed E-state index contributed by atoms with van der Waals surface area (Å²) in [5, 5.41) is 2.80. The van der Waals surface area contributed by atoms with Gasteiger partial charge in [-0.2, -0.15) is 0 Å². The maximum absolute atomic E-state index is 12.5. The normalized spacial score (nSPS) is 12.1. The molecule has 0 saturated carbocycles.